The Balaban J connectivity index is 1.58. The molecule has 116 valence electrons. The molecule has 0 radical (unpaired) electrons. The first-order valence-electron chi connectivity index (χ1n) is 8.02. The lowest BCUT2D eigenvalue weighted by Crippen LogP contribution is -2.41. The quantitative estimate of drug-likeness (QED) is 0.510. The zero-order valence-corrected chi connectivity index (χ0v) is 12.6. The first-order chi connectivity index (χ1) is 10.2. The van der Waals surface area contributed by atoms with Crippen molar-refractivity contribution >= 4 is 5.91 Å². The Labute approximate surface area is 125 Å². The number of piperidine rings is 1. The second-order valence-electron chi connectivity index (χ2n) is 6.57. The van der Waals surface area contributed by atoms with E-state index in [0.717, 1.165) is 18.8 Å². The number of hydrogen-bond acceptors (Lipinski definition) is 4. The molecule has 5 nitrogen and oxygen atoms in total. The number of hydrazine groups is 1. The van der Waals surface area contributed by atoms with E-state index in [0.29, 0.717) is 17.5 Å². The Morgan fingerprint density at radius 1 is 1.24 bits per heavy atom. The van der Waals surface area contributed by atoms with Gasteiger partial charge in [0.15, 0.2) is 0 Å². The van der Waals surface area contributed by atoms with Gasteiger partial charge in [0.2, 0.25) is 0 Å². The highest BCUT2D eigenvalue weighted by molar-refractivity contribution is 5.94. The van der Waals surface area contributed by atoms with Gasteiger partial charge in [-0.05, 0) is 50.3 Å². The molecule has 2 fully saturated rings. The normalized spacial score (nSPS) is 22.3. The van der Waals surface area contributed by atoms with Gasteiger partial charge in [-0.1, -0.05) is 19.3 Å². The van der Waals surface area contributed by atoms with Crippen LogP contribution < -0.4 is 11.3 Å². The fraction of sp³-hybridized carbons (Fsp3) is 0.688. The van der Waals surface area contributed by atoms with Crippen LogP contribution in [0.4, 0.5) is 0 Å². The summed E-state index contributed by atoms with van der Waals surface area (Å²) in [5.74, 6) is 5.65. The molecule has 1 amide bonds. The maximum absolute atomic E-state index is 11.7. The van der Waals surface area contributed by atoms with Crippen molar-refractivity contribution in [2.45, 2.75) is 51.5 Å². The number of nitrogens with one attached hydrogen (secondary N) is 1. The fourth-order valence-corrected chi connectivity index (χ4v) is 3.93. The van der Waals surface area contributed by atoms with Crippen LogP contribution in [-0.4, -0.2) is 23.9 Å². The molecule has 0 unspecified atom stereocenters. The van der Waals surface area contributed by atoms with E-state index in [1.807, 2.05) is 0 Å². The summed E-state index contributed by atoms with van der Waals surface area (Å²) in [5.41, 5.74) is 3.33. The second-order valence-corrected chi connectivity index (χ2v) is 6.57. The molecule has 5 heteroatoms. The minimum Gasteiger partial charge on any atom is -0.467 e. The number of hydrogen-bond donors (Lipinski definition) is 2. The van der Waals surface area contributed by atoms with E-state index in [1.165, 1.54) is 44.9 Å². The summed E-state index contributed by atoms with van der Waals surface area (Å²) in [4.78, 5) is 14.1. The lowest BCUT2D eigenvalue weighted by molar-refractivity contribution is 0.0604. The van der Waals surface area contributed by atoms with E-state index in [2.05, 4.69) is 10.3 Å². The van der Waals surface area contributed by atoms with Crippen LogP contribution in [-0.2, 0) is 6.54 Å². The van der Waals surface area contributed by atoms with Crippen molar-refractivity contribution in [1.82, 2.24) is 10.3 Å². The molecular formula is C16H25N3O2. The van der Waals surface area contributed by atoms with Gasteiger partial charge in [-0.25, -0.2) is 5.84 Å². The summed E-state index contributed by atoms with van der Waals surface area (Å²) in [6.07, 6.45) is 11.2. The molecule has 0 atom stereocenters. The predicted molar refractivity (Wildman–Crippen MR) is 80.4 cm³/mol. The topological polar surface area (TPSA) is 71.5 Å². The fourth-order valence-electron chi connectivity index (χ4n) is 3.93. The third-order valence-electron chi connectivity index (χ3n) is 5.32. The third-order valence-corrected chi connectivity index (χ3v) is 5.32. The first-order valence-corrected chi connectivity index (χ1v) is 8.02. The van der Waals surface area contributed by atoms with Crippen LogP contribution in [0.15, 0.2) is 16.7 Å². The number of rotatable bonds is 3. The van der Waals surface area contributed by atoms with Crippen molar-refractivity contribution in [3.05, 3.63) is 23.7 Å². The molecule has 1 saturated carbocycles. The monoisotopic (exact) mass is 291 g/mol. The Morgan fingerprint density at radius 2 is 1.95 bits per heavy atom. The average molecular weight is 291 g/mol. The zero-order valence-electron chi connectivity index (χ0n) is 12.6. The van der Waals surface area contributed by atoms with Crippen LogP contribution in [0.1, 0.15) is 61.1 Å². The molecule has 2 heterocycles. The maximum Gasteiger partial charge on any atom is 0.268 e. The number of nitrogens with two attached hydrogens (primary N) is 1. The molecule has 1 aromatic heterocycles. The van der Waals surface area contributed by atoms with Gasteiger partial charge in [0, 0.05) is 0 Å². The number of nitrogen functional groups attached to an aromatic ring is 1. The Bertz CT molecular complexity index is 481. The van der Waals surface area contributed by atoms with Gasteiger partial charge in [0.25, 0.3) is 5.91 Å². The van der Waals surface area contributed by atoms with Crippen LogP contribution in [0, 0.1) is 5.41 Å². The molecule has 1 aliphatic heterocycles. The summed E-state index contributed by atoms with van der Waals surface area (Å²) in [6, 6.07) is 1.68. The van der Waals surface area contributed by atoms with Crippen LogP contribution in [0.5, 0.6) is 0 Å². The highest BCUT2D eigenvalue weighted by Gasteiger charge is 2.35. The number of carbonyl (C=O) groups excluding carboxylic acids is 1. The number of likely N-dealkylation sites (tertiary alicyclic amines) is 1. The Morgan fingerprint density at radius 3 is 2.62 bits per heavy atom. The van der Waals surface area contributed by atoms with E-state index < -0.39 is 0 Å². The van der Waals surface area contributed by atoms with Crippen LogP contribution in [0.3, 0.4) is 0 Å². The highest BCUT2D eigenvalue weighted by atomic mass is 16.3. The minimum absolute atomic E-state index is 0.278. The van der Waals surface area contributed by atoms with E-state index in [-0.39, 0.29) is 5.91 Å². The summed E-state index contributed by atoms with van der Waals surface area (Å²) in [7, 11) is 0. The van der Waals surface area contributed by atoms with Crippen LogP contribution in [0.25, 0.3) is 0 Å². The predicted octanol–water partition coefficient (Wildman–Crippen LogP) is 2.43. The summed E-state index contributed by atoms with van der Waals surface area (Å²) in [5, 5.41) is 0. The van der Waals surface area contributed by atoms with Gasteiger partial charge < -0.3 is 4.42 Å². The van der Waals surface area contributed by atoms with E-state index in [1.54, 1.807) is 12.3 Å². The standard InChI is InChI=1S/C16H25N3O2/c17-18-15(20)13-4-11-21-14(13)12-19-9-7-16(8-10-19)5-2-1-3-6-16/h4,11H,1-3,5-10,12,17H2,(H,18,20). The van der Waals surface area contributed by atoms with E-state index >= 15 is 0 Å². The van der Waals surface area contributed by atoms with Gasteiger partial charge in [0.1, 0.15) is 5.76 Å². The van der Waals surface area contributed by atoms with Gasteiger partial charge in [-0.3, -0.25) is 15.1 Å². The molecule has 0 bridgehead atoms. The van der Waals surface area contributed by atoms with Crippen LogP contribution >= 0.6 is 0 Å². The molecular weight excluding hydrogens is 266 g/mol. The van der Waals surface area contributed by atoms with Gasteiger partial charge in [-0.2, -0.15) is 0 Å². The molecule has 1 aromatic rings. The first kappa shape index (κ1) is 14.6. The zero-order chi connectivity index (χ0) is 14.7. The van der Waals surface area contributed by atoms with Crippen molar-refractivity contribution in [1.29, 1.82) is 0 Å². The number of amides is 1. The van der Waals surface area contributed by atoms with Crippen molar-refractivity contribution in [3.8, 4) is 0 Å². The molecule has 0 aromatic carbocycles. The van der Waals surface area contributed by atoms with Crippen molar-refractivity contribution in [3.63, 3.8) is 0 Å². The largest absolute Gasteiger partial charge is 0.467 e. The summed E-state index contributed by atoms with van der Waals surface area (Å²) < 4.78 is 5.47. The second kappa shape index (κ2) is 6.20. The lowest BCUT2D eigenvalue weighted by atomic mass is 9.68. The number of carbonyl (C=O) groups is 1. The lowest BCUT2D eigenvalue weighted by Gasteiger charge is -2.44. The van der Waals surface area contributed by atoms with Crippen molar-refractivity contribution in [2.75, 3.05) is 13.1 Å². The van der Waals surface area contributed by atoms with Gasteiger partial charge in [-0.15, -0.1) is 0 Å². The molecule has 1 aliphatic carbocycles. The summed E-state index contributed by atoms with van der Waals surface area (Å²) >= 11 is 0. The van der Waals surface area contributed by atoms with Crippen molar-refractivity contribution < 1.29 is 9.21 Å². The molecule has 1 saturated heterocycles. The number of nitrogens with zero attached hydrogens (tertiary/aromatic N) is 1. The van der Waals surface area contributed by atoms with E-state index in [9.17, 15) is 4.79 Å². The Kier molecular flexibility index (Phi) is 4.31. The molecule has 21 heavy (non-hydrogen) atoms. The molecule has 3 rings (SSSR count). The molecule has 1 spiro atoms. The SMILES string of the molecule is NNC(=O)c1ccoc1CN1CCC2(CCCCC2)CC1. The maximum atomic E-state index is 11.7. The average Bonchev–Trinajstić information content (AvgIpc) is 2.98. The Hall–Kier alpha value is -1.33. The highest BCUT2D eigenvalue weighted by Crippen LogP contribution is 2.44. The third kappa shape index (κ3) is 3.14. The summed E-state index contributed by atoms with van der Waals surface area (Å²) in [6.45, 7) is 2.90. The van der Waals surface area contributed by atoms with Crippen molar-refractivity contribution in [2.24, 2.45) is 11.3 Å². The minimum atomic E-state index is -0.278. The van der Waals surface area contributed by atoms with Crippen LogP contribution in [0.2, 0.25) is 0 Å². The number of furan rings is 1. The molecule has 3 N–H and O–H groups in total. The van der Waals surface area contributed by atoms with Gasteiger partial charge in [0.05, 0.1) is 18.4 Å². The molecule has 2 aliphatic rings. The van der Waals surface area contributed by atoms with E-state index in [4.69, 9.17) is 10.3 Å². The van der Waals surface area contributed by atoms with Gasteiger partial charge >= 0.3 is 0 Å². The smallest absolute Gasteiger partial charge is 0.268 e.